The lowest BCUT2D eigenvalue weighted by atomic mass is 10.1. The number of fused-ring (bicyclic) bond motifs is 4. The SMILES string of the molecule is Cc1ccc2cc3nc(C)[nH]c3cc2c1.Cc1ccc2cc3nc(C)[nH]c3cc2c1. The Morgan fingerprint density at radius 2 is 0.933 bits per heavy atom. The van der Waals surface area contributed by atoms with Crippen molar-refractivity contribution in [2.75, 3.05) is 0 Å². The van der Waals surface area contributed by atoms with Gasteiger partial charge in [0.15, 0.2) is 0 Å². The average Bonchev–Trinajstić information content (AvgIpc) is 3.24. The maximum atomic E-state index is 4.43. The van der Waals surface area contributed by atoms with Gasteiger partial charge in [-0.25, -0.2) is 9.97 Å². The zero-order chi connectivity index (χ0) is 20.8. The quantitative estimate of drug-likeness (QED) is 0.303. The van der Waals surface area contributed by atoms with E-state index in [2.05, 4.69) is 94.4 Å². The molecule has 2 N–H and O–H groups in total. The number of nitrogens with zero attached hydrogens (tertiary/aromatic N) is 2. The summed E-state index contributed by atoms with van der Waals surface area (Å²) in [7, 11) is 0. The summed E-state index contributed by atoms with van der Waals surface area (Å²) in [4.78, 5) is 15.4. The zero-order valence-corrected chi connectivity index (χ0v) is 17.7. The molecule has 0 aliphatic heterocycles. The van der Waals surface area contributed by atoms with Crippen LogP contribution in [0, 0.1) is 27.7 Å². The lowest BCUT2D eigenvalue weighted by Gasteiger charge is -1.99. The molecule has 2 heterocycles. The van der Waals surface area contributed by atoms with E-state index in [1.165, 1.54) is 32.7 Å². The molecule has 0 amide bonds. The van der Waals surface area contributed by atoms with Crippen LogP contribution in [0.4, 0.5) is 0 Å². The summed E-state index contributed by atoms with van der Waals surface area (Å²) >= 11 is 0. The van der Waals surface area contributed by atoms with Crippen LogP contribution >= 0.6 is 0 Å². The van der Waals surface area contributed by atoms with Crippen LogP contribution in [0.5, 0.6) is 0 Å². The van der Waals surface area contributed by atoms with Crippen LogP contribution in [0.15, 0.2) is 60.7 Å². The molecule has 0 saturated heterocycles. The van der Waals surface area contributed by atoms with E-state index in [0.29, 0.717) is 0 Å². The topological polar surface area (TPSA) is 57.4 Å². The number of aromatic nitrogens is 4. The van der Waals surface area contributed by atoms with Gasteiger partial charge in [0.05, 0.1) is 22.1 Å². The molecule has 6 aromatic rings. The van der Waals surface area contributed by atoms with Crippen molar-refractivity contribution >= 4 is 43.6 Å². The molecule has 148 valence electrons. The van der Waals surface area contributed by atoms with Crippen LogP contribution in [0.3, 0.4) is 0 Å². The molecule has 0 saturated carbocycles. The fourth-order valence-electron chi connectivity index (χ4n) is 4.00. The van der Waals surface area contributed by atoms with Gasteiger partial charge in [-0.1, -0.05) is 47.5 Å². The second-order valence-electron chi connectivity index (χ2n) is 8.08. The number of aromatic amines is 2. The summed E-state index contributed by atoms with van der Waals surface area (Å²) in [5, 5.41) is 5.04. The van der Waals surface area contributed by atoms with Crippen molar-refractivity contribution in [3.63, 3.8) is 0 Å². The highest BCUT2D eigenvalue weighted by molar-refractivity contribution is 5.96. The molecule has 0 aliphatic rings. The Labute approximate surface area is 175 Å². The van der Waals surface area contributed by atoms with E-state index in [1.54, 1.807) is 0 Å². The Morgan fingerprint density at radius 3 is 1.37 bits per heavy atom. The number of H-pyrrole nitrogens is 2. The van der Waals surface area contributed by atoms with Crippen LogP contribution < -0.4 is 0 Å². The Balaban J connectivity index is 0.000000128. The predicted molar refractivity (Wildman–Crippen MR) is 126 cm³/mol. The van der Waals surface area contributed by atoms with Gasteiger partial charge >= 0.3 is 0 Å². The molecule has 30 heavy (non-hydrogen) atoms. The van der Waals surface area contributed by atoms with Crippen molar-refractivity contribution in [1.82, 2.24) is 19.9 Å². The van der Waals surface area contributed by atoms with Gasteiger partial charge in [-0.15, -0.1) is 0 Å². The lowest BCUT2D eigenvalue weighted by Crippen LogP contribution is -1.76. The predicted octanol–water partition coefficient (Wildman–Crippen LogP) is 6.67. The van der Waals surface area contributed by atoms with Crippen LogP contribution in [0.1, 0.15) is 22.8 Å². The molecule has 0 fully saturated rings. The third-order valence-corrected chi connectivity index (χ3v) is 5.43. The van der Waals surface area contributed by atoms with E-state index in [0.717, 1.165) is 33.7 Å². The zero-order valence-electron chi connectivity index (χ0n) is 17.7. The van der Waals surface area contributed by atoms with Gasteiger partial charge in [0.2, 0.25) is 0 Å². The largest absolute Gasteiger partial charge is 0.342 e. The van der Waals surface area contributed by atoms with Gasteiger partial charge in [0, 0.05) is 0 Å². The number of hydrogen-bond donors (Lipinski definition) is 2. The van der Waals surface area contributed by atoms with E-state index < -0.39 is 0 Å². The standard InChI is InChI=1S/2C13H12N2/c2*1-8-3-4-10-6-12-13(7-11(10)5-8)15-9(2)14-12/h2*3-7H,1-2H3,(H,14,15). The molecular weight excluding hydrogens is 368 g/mol. The number of imidazole rings is 2. The molecular formula is C26H24N4. The first-order chi connectivity index (χ1) is 14.4. The second-order valence-corrected chi connectivity index (χ2v) is 8.08. The third-order valence-electron chi connectivity index (χ3n) is 5.43. The minimum absolute atomic E-state index is 0.969. The Morgan fingerprint density at radius 1 is 0.500 bits per heavy atom. The number of benzene rings is 4. The van der Waals surface area contributed by atoms with Crippen molar-refractivity contribution in [2.24, 2.45) is 0 Å². The molecule has 0 bridgehead atoms. The monoisotopic (exact) mass is 392 g/mol. The van der Waals surface area contributed by atoms with E-state index in [9.17, 15) is 0 Å². The van der Waals surface area contributed by atoms with Crippen LogP contribution in [-0.2, 0) is 0 Å². The molecule has 4 heteroatoms. The van der Waals surface area contributed by atoms with Crippen molar-refractivity contribution < 1.29 is 0 Å². The molecule has 0 radical (unpaired) electrons. The van der Waals surface area contributed by atoms with Crippen LogP contribution in [0.25, 0.3) is 43.6 Å². The maximum absolute atomic E-state index is 4.43. The first kappa shape index (κ1) is 18.4. The second kappa shape index (κ2) is 6.99. The first-order valence-corrected chi connectivity index (χ1v) is 10.2. The first-order valence-electron chi connectivity index (χ1n) is 10.2. The van der Waals surface area contributed by atoms with Gasteiger partial charge < -0.3 is 9.97 Å². The van der Waals surface area contributed by atoms with Crippen molar-refractivity contribution in [1.29, 1.82) is 0 Å². The number of nitrogens with one attached hydrogen (secondary N) is 2. The Hall–Kier alpha value is -3.66. The minimum Gasteiger partial charge on any atom is -0.342 e. The molecule has 0 aliphatic carbocycles. The number of aryl methyl sites for hydroxylation is 4. The Bertz CT molecular complexity index is 1420. The normalized spacial score (nSPS) is 11.3. The fraction of sp³-hybridized carbons (Fsp3) is 0.154. The fourth-order valence-corrected chi connectivity index (χ4v) is 4.00. The van der Waals surface area contributed by atoms with E-state index in [1.807, 2.05) is 13.8 Å². The van der Waals surface area contributed by atoms with Crippen LogP contribution in [-0.4, -0.2) is 19.9 Å². The molecule has 0 spiro atoms. The van der Waals surface area contributed by atoms with Crippen molar-refractivity contribution in [3.8, 4) is 0 Å². The van der Waals surface area contributed by atoms with Crippen molar-refractivity contribution in [2.45, 2.75) is 27.7 Å². The average molecular weight is 393 g/mol. The Kier molecular flexibility index (Phi) is 4.28. The van der Waals surface area contributed by atoms with Gasteiger partial charge in [-0.05, 0) is 73.5 Å². The lowest BCUT2D eigenvalue weighted by molar-refractivity contribution is 1.17. The summed E-state index contributed by atoms with van der Waals surface area (Å²) in [6.07, 6.45) is 0. The maximum Gasteiger partial charge on any atom is 0.104 e. The van der Waals surface area contributed by atoms with E-state index >= 15 is 0 Å². The van der Waals surface area contributed by atoms with E-state index in [4.69, 9.17) is 0 Å². The summed E-state index contributed by atoms with van der Waals surface area (Å²) in [5.41, 5.74) is 6.90. The molecule has 4 nitrogen and oxygen atoms in total. The summed E-state index contributed by atoms with van der Waals surface area (Å²) in [6, 6.07) is 21.6. The highest BCUT2D eigenvalue weighted by atomic mass is 14.9. The highest BCUT2D eigenvalue weighted by Gasteiger charge is 2.03. The summed E-state index contributed by atoms with van der Waals surface area (Å²) in [6.45, 7) is 8.19. The molecule has 2 aromatic heterocycles. The highest BCUT2D eigenvalue weighted by Crippen LogP contribution is 2.23. The smallest absolute Gasteiger partial charge is 0.104 e. The van der Waals surface area contributed by atoms with Gasteiger partial charge in [0.1, 0.15) is 11.6 Å². The van der Waals surface area contributed by atoms with Gasteiger partial charge in [0.25, 0.3) is 0 Å². The van der Waals surface area contributed by atoms with Crippen molar-refractivity contribution in [3.05, 3.63) is 83.4 Å². The molecule has 6 rings (SSSR count). The summed E-state index contributed by atoms with van der Waals surface area (Å²) < 4.78 is 0. The van der Waals surface area contributed by atoms with Crippen LogP contribution in [0.2, 0.25) is 0 Å². The minimum atomic E-state index is 0.969. The molecule has 0 unspecified atom stereocenters. The van der Waals surface area contributed by atoms with E-state index in [-0.39, 0.29) is 0 Å². The van der Waals surface area contributed by atoms with Gasteiger partial charge in [-0.3, -0.25) is 0 Å². The van der Waals surface area contributed by atoms with Gasteiger partial charge in [-0.2, -0.15) is 0 Å². The summed E-state index contributed by atoms with van der Waals surface area (Å²) in [5.74, 6) is 1.94. The number of hydrogen-bond acceptors (Lipinski definition) is 2. The molecule has 4 aromatic carbocycles. The number of rotatable bonds is 0. The molecule has 0 atom stereocenters. The third kappa shape index (κ3) is 3.41.